The third kappa shape index (κ3) is 4.12. The fraction of sp³-hybridized carbons (Fsp3) is 0.0400. The summed E-state index contributed by atoms with van der Waals surface area (Å²) in [6.07, 6.45) is 5.02. The number of aromatic nitrogens is 4. The minimum absolute atomic E-state index is 0.0551. The number of halogens is 2. The molecule has 2 N–H and O–H groups in total. The van der Waals surface area contributed by atoms with Crippen molar-refractivity contribution in [2.24, 2.45) is 0 Å². The van der Waals surface area contributed by atoms with Gasteiger partial charge in [0, 0.05) is 39.8 Å². The second-order valence-corrected chi connectivity index (χ2v) is 7.99. The molecule has 5 rings (SSSR count). The predicted octanol–water partition coefficient (Wildman–Crippen LogP) is 5.69. The van der Waals surface area contributed by atoms with Gasteiger partial charge in [-0.15, -0.1) is 0 Å². The van der Waals surface area contributed by atoms with Crippen molar-refractivity contribution in [3.8, 4) is 16.8 Å². The molecule has 0 saturated carbocycles. The molecule has 0 aliphatic carbocycles. The number of rotatable bonds is 5. The van der Waals surface area contributed by atoms with Crippen LogP contribution in [-0.4, -0.2) is 25.9 Å². The SMILES string of the molecule is [C-]#[N+]c1ccc(-n2cc(-c3ccc(CNC(=O)c4ccc5[nH]ncc5c4)c(F)c3)cn2)cc1Cl. The molecule has 0 atom stereocenters. The second-order valence-electron chi connectivity index (χ2n) is 7.58. The number of nitrogens with one attached hydrogen (secondary N) is 2. The van der Waals surface area contributed by atoms with Crippen LogP contribution in [0.3, 0.4) is 0 Å². The van der Waals surface area contributed by atoms with Crippen LogP contribution in [-0.2, 0) is 6.54 Å². The number of carbonyl (C=O) groups is 1. The highest BCUT2D eigenvalue weighted by atomic mass is 35.5. The maximum absolute atomic E-state index is 14.8. The van der Waals surface area contributed by atoms with E-state index in [1.807, 2.05) is 0 Å². The summed E-state index contributed by atoms with van der Waals surface area (Å²) in [5.41, 5.74) is 4.10. The van der Waals surface area contributed by atoms with Gasteiger partial charge in [-0.1, -0.05) is 29.8 Å². The summed E-state index contributed by atoms with van der Waals surface area (Å²) in [5.74, 6) is -0.726. The Morgan fingerprint density at radius 2 is 2.00 bits per heavy atom. The number of nitrogens with zero attached hydrogens (tertiary/aromatic N) is 4. The van der Waals surface area contributed by atoms with Gasteiger partial charge in [-0.3, -0.25) is 9.89 Å². The summed E-state index contributed by atoms with van der Waals surface area (Å²) in [6, 6.07) is 15.1. The molecule has 34 heavy (non-hydrogen) atoms. The van der Waals surface area contributed by atoms with Gasteiger partial charge in [-0.2, -0.15) is 10.2 Å². The van der Waals surface area contributed by atoms with E-state index >= 15 is 0 Å². The summed E-state index contributed by atoms with van der Waals surface area (Å²) >= 11 is 6.11. The van der Waals surface area contributed by atoms with Gasteiger partial charge >= 0.3 is 0 Å². The zero-order chi connectivity index (χ0) is 23.7. The molecule has 9 heteroatoms. The molecule has 5 aromatic rings. The summed E-state index contributed by atoms with van der Waals surface area (Å²) in [5, 5.41) is 15.0. The van der Waals surface area contributed by atoms with Crippen LogP contribution in [0.5, 0.6) is 0 Å². The van der Waals surface area contributed by atoms with Crippen LogP contribution >= 0.6 is 11.6 Å². The molecule has 1 amide bonds. The van der Waals surface area contributed by atoms with E-state index in [9.17, 15) is 9.18 Å². The van der Waals surface area contributed by atoms with Gasteiger partial charge in [0.1, 0.15) is 5.82 Å². The number of fused-ring (bicyclic) bond motifs is 1. The molecule has 0 aliphatic heterocycles. The maximum atomic E-state index is 14.8. The molecule has 0 saturated heterocycles. The normalized spacial score (nSPS) is 10.9. The Balaban J connectivity index is 1.29. The third-order valence-corrected chi connectivity index (χ3v) is 5.73. The minimum atomic E-state index is -0.430. The van der Waals surface area contributed by atoms with Crippen LogP contribution in [0.4, 0.5) is 10.1 Å². The van der Waals surface area contributed by atoms with Crippen molar-refractivity contribution in [1.82, 2.24) is 25.3 Å². The average Bonchev–Trinajstić information content (AvgIpc) is 3.52. The van der Waals surface area contributed by atoms with Crippen molar-refractivity contribution in [3.05, 3.63) is 107 Å². The smallest absolute Gasteiger partial charge is 0.251 e. The molecule has 0 aliphatic rings. The van der Waals surface area contributed by atoms with Crippen LogP contribution in [0, 0.1) is 12.4 Å². The van der Waals surface area contributed by atoms with Crippen molar-refractivity contribution in [3.63, 3.8) is 0 Å². The Kier molecular flexibility index (Phi) is 5.54. The van der Waals surface area contributed by atoms with Gasteiger partial charge in [0.25, 0.3) is 5.91 Å². The number of hydrogen-bond acceptors (Lipinski definition) is 3. The molecule has 2 aromatic heterocycles. The van der Waals surface area contributed by atoms with Crippen molar-refractivity contribution >= 4 is 34.1 Å². The van der Waals surface area contributed by atoms with Gasteiger partial charge < -0.3 is 5.32 Å². The molecular formula is C25H16ClFN6O. The van der Waals surface area contributed by atoms with Gasteiger partial charge in [0.15, 0.2) is 0 Å². The van der Waals surface area contributed by atoms with Crippen LogP contribution in [0.1, 0.15) is 15.9 Å². The Hall–Kier alpha value is -4.48. The molecule has 166 valence electrons. The Morgan fingerprint density at radius 3 is 2.79 bits per heavy atom. The number of hydrogen-bond donors (Lipinski definition) is 2. The first-order valence-corrected chi connectivity index (χ1v) is 10.6. The van der Waals surface area contributed by atoms with E-state index in [4.69, 9.17) is 18.2 Å². The van der Waals surface area contributed by atoms with E-state index in [1.165, 1.54) is 6.07 Å². The quantitative estimate of drug-likeness (QED) is 0.324. The lowest BCUT2D eigenvalue weighted by Gasteiger charge is -2.08. The number of benzene rings is 3. The van der Waals surface area contributed by atoms with Crippen LogP contribution in [0.25, 0.3) is 32.6 Å². The van der Waals surface area contributed by atoms with Gasteiger partial charge in [0.05, 0.1) is 30.2 Å². The van der Waals surface area contributed by atoms with E-state index in [0.29, 0.717) is 38.7 Å². The largest absolute Gasteiger partial charge is 0.348 e. The zero-order valence-corrected chi connectivity index (χ0v) is 18.3. The molecule has 0 unspecified atom stereocenters. The first-order valence-electron chi connectivity index (χ1n) is 10.2. The minimum Gasteiger partial charge on any atom is -0.348 e. The number of amides is 1. The van der Waals surface area contributed by atoms with Gasteiger partial charge in [-0.25, -0.2) is 13.9 Å². The van der Waals surface area contributed by atoms with Gasteiger partial charge in [0.2, 0.25) is 5.69 Å². The summed E-state index contributed by atoms with van der Waals surface area (Å²) in [6.45, 7) is 7.14. The standard InChI is InChI=1S/C25H16ClFN6O/c1-28-24-7-5-20(10-21(24)26)33-14-19(13-31-33)15-2-3-17(22(27)9-15)11-29-25(34)16-4-6-23-18(8-16)12-30-32-23/h2-10,12-14H,11H2,(H,29,34)(H,30,32). The highest BCUT2D eigenvalue weighted by molar-refractivity contribution is 6.33. The summed E-state index contributed by atoms with van der Waals surface area (Å²) in [7, 11) is 0. The summed E-state index contributed by atoms with van der Waals surface area (Å²) in [4.78, 5) is 15.8. The second kappa shape index (κ2) is 8.81. The highest BCUT2D eigenvalue weighted by Crippen LogP contribution is 2.28. The van der Waals surface area contributed by atoms with E-state index in [1.54, 1.807) is 71.8 Å². The molecule has 3 aromatic carbocycles. The molecule has 7 nitrogen and oxygen atoms in total. The molecule has 0 spiro atoms. The predicted molar refractivity (Wildman–Crippen MR) is 127 cm³/mol. The Labute approximate surface area is 198 Å². The van der Waals surface area contributed by atoms with Crippen LogP contribution in [0.15, 0.2) is 73.2 Å². The van der Waals surface area contributed by atoms with Crippen molar-refractivity contribution in [1.29, 1.82) is 0 Å². The fourth-order valence-corrected chi connectivity index (χ4v) is 3.79. The van der Waals surface area contributed by atoms with Crippen molar-refractivity contribution < 1.29 is 9.18 Å². The molecule has 0 radical (unpaired) electrons. The Morgan fingerprint density at radius 1 is 1.12 bits per heavy atom. The Bertz CT molecular complexity index is 1580. The fourth-order valence-electron chi connectivity index (χ4n) is 3.57. The van der Waals surface area contributed by atoms with Gasteiger partial charge in [-0.05, 0) is 42.0 Å². The average molecular weight is 471 g/mol. The number of aromatic amines is 1. The zero-order valence-electron chi connectivity index (χ0n) is 17.6. The molecule has 0 fully saturated rings. The monoisotopic (exact) mass is 470 g/mol. The van der Waals surface area contributed by atoms with E-state index < -0.39 is 5.82 Å². The number of carbonyl (C=O) groups excluding carboxylic acids is 1. The number of H-pyrrole nitrogens is 1. The third-order valence-electron chi connectivity index (χ3n) is 5.43. The first-order chi connectivity index (χ1) is 16.5. The van der Waals surface area contributed by atoms with Crippen LogP contribution in [0.2, 0.25) is 5.02 Å². The molecule has 0 bridgehead atoms. The molecule has 2 heterocycles. The van der Waals surface area contributed by atoms with E-state index in [-0.39, 0.29) is 12.5 Å². The van der Waals surface area contributed by atoms with Crippen LogP contribution < -0.4 is 5.32 Å². The topological polar surface area (TPSA) is 80.0 Å². The highest BCUT2D eigenvalue weighted by Gasteiger charge is 2.12. The first kappa shape index (κ1) is 21.4. The van der Waals surface area contributed by atoms with Crippen molar-refractivity contribution in [2.75, 3.05) is 0 Å². The summed E-state index contributed by atoms with van der Waals surface area (Å²) < 4.78 is 16.4. The lowest BCUT2D eigenvalue weighted by molar-refractivity contribution is 0.0950. The van der Waals surface area contributed by atoms with Crippen molar-refractivity contribution in [2.45, 2.75) is 6.54 Å². The lowest BCUT2D eigenvalue weighted by atomic mass is 10.1. The maximum Gasteiger partial charge on any atom is 0.251 e. The van der Waals surface area contributed by atoms with E-state index in [2.05, 4.69) is 25.5 Å². The lowest BCUT2D eigenvalue weighted by Crippen LogP contribution is -2.23. The van der Waals surface area contributed by atoms with E-state index in [0.717, 1.165) is 10.9 Å². The molecular weight excluding hydrogens is 455 g/mol.